The molecule has 0 aliphatic heterocycles. The van der Waals surface area contributed by atoms with Crippen molar-refractivity contribution in [1.82, 2.24) is 5.32 Å². The van der Waals surface area contributed by atoms with E-state index in [0.717, 1.165) is 0 Å². The van der Waals surface area contributed by atoms with Crippen LogP contribution >= 0.6 is 0 Å². The lowest BCUT2D eigenvalue weighted by Gasteiger charge is -2.08. The van der Waals surface area contributed by atoms with Crippen LogP contribution in [0.2, 0.25) is 0 Å². The van der Waals surface area contributed by atoms with E-state index in [9.17, 15) is 9.59 Å². The monoisotopic (exact) mass is 174 g/mol. The van der Waals surface area contributed by atoms with Crippen LogP contribution in [0.4, 0.5) is 0 Å². The molecule has 0 saturated carbocycles. The normalized spacial score (nSPS) is 12.2. The first kappa shape index (κ1) is 10.9. The van der Waals surface area contributed by atoms with Gasteiger partial charge in [0.25, 0.3) is 0 Å². The maximum absolute atomic E-state index is 10.9. The Morgan fingerprint density at radius 2 is 2.00 bits per heavy atom. The summed E-state index contributed by atoms with van der Waals surface area (Å²) in [5, 5.41) is 2.44. The molecule has 0 aromatic heterocycles. The van der Waals surface area contributed by atoms with E-state index in [1.165, 1.54) is 0 Å². The lowest BCUT2D eigenvalue weighted by Crippen LogP contribution is -2.44. The number of hydrogen-bond acceptors (Lipinski definition) is 4. The van der Waals surface area contributed by atoms with E-state index in [0.29, 0.717) is 13.1 Å². The van der Waals surface area contributed by atoms with Crippen molar-refractivity contribution in [3.63, 3.8) is 0 Å². The number of rotatable bonds is 5. The molecule has 0 heterocycles. The maximum atomic E-state index is 10.9. The van der Waals surface area contributed by atoms with Gasteiger partial charge in [0.1, 0.15) is 0 Å². The fourth-order valence-corrected chi connectivity index (χ4v) is 0.636. The molecular formula is C6H14N4O2. The molecule has 6 heteroatoms. The molecule has 12 heavy (non-hydrogen) atoms. The molecule has 0 radical (unpaired) electrons. The average molecular weight is 174 g/mol. The van der Waals surface area contributed by atoms with E-state index in [2.05, 4.69) is 5.32 Å². The summed E-state index contributed by atoms with van der Waals surface area (Å²) in [5.41, 5.74) is 15.3. The second-order valence-corrected chi connectivity index (χ2v) is 2.36. The molecule has 0 aliphatic rings. The summed E-state index contributed by atoms with van der Waals surface area (Å²) in [6, 6.07) is -0.867. The van der Waals surface area contributed by atoms with Gasteiger partial charge in [0, 0.05) is 13.1 Å². The highest BCUT2D eigenvalue weighted by Gasteiger charge is 2.14. The molecule has 6 nitrogen and oxygen atoms in total. The second kappa shape index (κ2) is 5.50. The topological polar surface area (TPSA) is 124 Å². The van der Waals surface area contributed by atoms with Gasteiger partial charge in [0.2, 0.25) is 11.8 Å². The SMILES string of the molecule is NCCNC(=O)C(N)CC(N)=O. The van der Waals surface area contributed by atoms with E-state index in [1.54, 1.807) is 0 Å². The molecule has 0 fully saturated rings. The van der Waals surface area contributed by atoms with E-state index in [1.807, 2.05) is 0 Å². The number of carbonyl (C=O) groups is 2. The van der Waals surface area contributed by atoms with Crippen LogP contribution in [0.25, 0.3) is 0 Å². The Morgan fingerprint density at radius 1 is 1.42 bits per heavy atom. The van der Waals surface area contributed by atoms with Crippen LogP contribution in [-0.2, 0) is 9.59 Å². The summed E-state index contributed by atoms with van der Waals surface area (Å²) in [7, 11) is 0. The largest absolute Gasteiger partial charge is 0.370 e. The molecule has 0 aliphatic carbocycles. The lowest BCUT2D eigenvalue weighted by atomic mass is 10.2. The highest BCUT2D eigenvalue weighted by Crippen LogP contribution is 1.85. The van der Waals surface area contributed by atoms with E-state index < -0.39 is 17.9 Å². The third-order valence-corrected chi connectivity index (χ3v) is 1.20. The fraction of sp³-hybridized carbons (Fsp3) is 0.667. The van der Waals surface area contributed by atoms with Crippen molar-refractivity contribution in [3.8, 4) is 0 Å². The van der Waals surface area contributed by atoms with Gasteiger partial charge in [0.15, 0.2) is 0 Å². The van der Waals surface area contributed by atoms with Gasteiger partial charge in [-0.3, -0.25) is 9.59 Å². The van der Waals surface area contributed by atoms with E-state index in [4.69, 9.17) is 17.2 Å². The Balaban J connectivity index is 3.69. The quantitative estimate of drug-likeness (QED) is 0.361. The fourth-order valence-electron chi connectivity index (χ4n) is 0.636. The zero-order chi connectivity index (χ0) is 9.56. The molecule has 2 amide bonds. The van der Waals surface area contributed by atoms with Gasteiger partial charge >= 0.3 is 0 Å². The molecule has 1 unspecified atom stereocenters. The Hall–Kier alpha value is -1.14. The molecule has 0 aromatic rings. The first-order chi connectivity index (χ1) is 5.57. The predicted octanol–water partition coefficient (Wildman–Crippen LogP) is -2.74. The molecule has 7 N–H and O–H groups in total. The van der Waals surface area contributed by atoms with Gasteiger partial charge < -0.3 is 22.5 Å². The molecule has 0 bridgehead atoms. The summed E-state index contributed by atoms with van der Waals surface area (Å²) < 4.78 is 0. The summed E-state index contributed by atoms with van der Waals surface area (Å²) in [6.45, 7) is 0.695. The van der Waals surface area contributed by atoms with Crippen molar-refractivity contribution < 1.29 is 9.59 Å². The summed E-state index contributed by atoms with van der Waals surface area (Å²) in [5.74, 6) is -0.996. The molecular weight excluding hydrogens is 160 g/mol. The lowest BCUT2D eigenvalue weighted by molar-refractivity contribution is -0.126. The third kappa shape index (κ3) is 4.64. The van der Waals surface area contributed by atoms with Crippen LogP contribution in [0.5, 0.6) is 0 Å². The molecule has 0 saturated heterocycles. The Morgan fingerprint density at radius 3 is 2.42 bits per heavy atom. The molecule has 0 rings (SSSR count). The Bertz CT molecular complexity index is 171. The van der Waals surface area contributed by atoms with Crippen molar-refractivity contribution in [2.24, 2.45) is 17.2 Å². The smallest absolute Gasteiger partial charge is 0.237 e. The highest BCUT2D eigenvalue weighted by atomic mass is 16.2. The van der Waals surface area contributed by atoms with Crippen LogP contribution in [0, 0.1) is 0 Å². The highest BCUT2D eigenvalue weighted by molar-refractivity contribution is 5.87. The second-order valence-electron chi connectivity index (χ2n) is 2.36. The molecule has 1 atom stereocenters. The number of carbonyl (C=O) groups excluding carboxylic acids is 2. The average Bonchev–Trinajstić information content (AvgIpc) is 1.98. The molecule has 0 aromatic carbocycles. The zero-order valence-electron chi connectivity index (χ0n) is 6.75. The Labute approximate surface area is 70.5 Å². The van der Waals surface area contributed by atoms with Gasteiger partial charge in [-0.1, -0.05) is 0 Å². The van der Waals surface area contributed by atoms with Crippen molar-refractivity contribution in [2.45, 2.75) is 12.5 Å². The minimum Gasteiger partial charge on any atom is -0.370 e. The first-order valence-electron chi connectivity index (χ1n) is 3.59. The summed E-state index contributed by atoms with van der Waals surface area (Å²) >= 11 is 0. The van der Waals surface area contributed by atoms with Crippen molar-refractivity contribution in [2.75, 3.05) is 13.1 Å². The molecule has 0 spiro atoms. The first-order valence-corrected chi connectivity index (χ1v) is 3.59. The number of nitrogens with one attached hydrogen (secondary N) is 1. The van der Waals surface area contributed by atoms with E-state index in [-0.39, 0.29) is 6.42 Å². The standard InChI is InChI=1S/C6H14N4O2/c7-1-2-10-6(12)4(8)3-5(9)11/h4H,1-3,7-8H2,(H2,9,11)(H,10,12). The van der Waals surface area contributed by atoms with Crippen LogP contribution in [0.3, 0.4) is 0 Å². The van der Waals surface area contributed by atoms with Crippen molar-refractivity contribution in [3.05, 3.63) is 0 Å². The van der Waals surface area contributed by atoms with Gasteiger partial charge in [-0.15, -0.1) is 0 Å². The third-order valence-electron chi connectivity index (χ3n) is 1.20. The summed E-state index contributed by atoms with van der Waals surface area (Å²) in [6.07, 6.45) is -0.142. The van der Waals surface area contributed by atoms with Gasteiger partial charge in [-0.2, -0.15) is 0 Å². The van der Waals surface area contributed by atoms with Gasteiger partial charge in [0.05, 0.1) is 12.5 Å². The number of nitrogens with two attached hydrogens (primary N) is 3. The predicted molar refractivity (Wildman–Crippen MR) is 43.9 cm³/mol. The maximum Gasteiger partial charge on any atom is 0.237 e. The number of hydrogen-bond donors (Lipinski definition) is 4. The molecule has 70 valence electrons. The van der Waals surface area contributed by atoms with E-state index >= 15 is 0 Å². The van der Waals surface area contributed by atoms with Crippen molar-refractivity contribution >= 4 is 11.8 Å². The Kier molecular flexibility index (Phi) is 4.98. The van der Waals surface area contributed by atoms with Gasteiger partial charge in [-0.25, -0.2) is 0 Å². The van der Waals surface area contributed by atoms with Crippen LogP contribution in [0.15, 0.2) is 0 Å². The minimum absolute atomic E-state index is 0.142. The minimum atomic E-state index is -0.867. The van der Waals surface area contributed by atoms with Crippen molar-refractivity contribution in [1.29, 1.82) is 0 Å². The van der Waals surface area contributed by atoms with Crippen LogP contribution < -0.4 is 22.5 Å². The zero-order valence-corrected chi connectivity index (χ0v) is 6.75. The van der Waals surface area contributed by atoms with Gasteiger partial charge in [-0.05, 0) is 0 Å². The number of primary amides is 1. The number of amides is 2. The van der Waals surface area contributed by atoms with Crippen LogP contribution in [-0.4, -0.2) is 30.9 Å². The van der Waals surface area contributed by atoms with Crippen LogP contribution in [0.1, 0.15) is 6.42 Å². The summed E-state index contributed by atoms with van der Waals surface area (Å²) in [4.78, 5) is 21.3.